The van der Waals surface area contributed by atoms with E-state index in [0.717, 1.165) is 37.4 Å². The number of anilines is 1. The zero-order valence-corrected chi connectivity index (χ0v) is 15.9. The molecule has 1 saturated heterocycles. The van der Waals surface area contributed by atoms with E-state index in [0.29, 0.717) is 16.8 Å². The number of benzene rings is 2. The largest absolute Gasteiger partial charge is 0.360 e. The molecule has 0 amide bonds. The summed E-state index contributed by atoms with van der Waals surface area (Å²) in [5.41, 5.74) is 3.89. The summed E-state index contributed by atoms with van der Waals surface area (Å²) < 4.78 is 13.1. The van der Waals surface area contributed by atoms with Crippen molar-refractivity contribution in [1.29, 1.82) is 0 Å². The number of carbonyl (C=O) groups is 1. The number of hydrogen-bond acceptors (Lipinski definition) is 3. The van der Waals surface area contributed by atoms with E-state index in [9.17, 15) is 9.18 Å². The first-order chi connectivity index (χ1) is 13.6. The van der Waals surface area contributed by atoms with E-state index in [-0.39, 0.29) is 11.6 Å². The Morgan fingerprint density at radius 2 is 1.57 bits per heavy atom. The van der Waals surface area contributed by atoms with Gasteiger partial charge in [-0.2, -0.15) is 0 Å². The standard InChI is InChI=1S/C23H22FN3O/c1-26-12-14-27(15-13-26)21-9-4-18(5-10-21)23(28)19-6-11-22(25-16-19)17-2-7-20(24)8-3-17/h2-11,16H,12-15H2,1H3/p+1. The molecule has 4 nitrogen and oxygen atoms in total. The maximum Gasteiger partial charge on any atom is 0.194 e. The molecule has 3 aromatic rings. The minimum absolute atomic E-state index is 0.0486. The van der Waals surface area contributed by atoms with E-state index < -0.39 is 0 Å². The molecule has 0 radical (unpaired) electrons. The van der Waals surface area contributed by atoms with Gasteiger partial charge in [-0.3, -0.25) is 9.78 Å². The molecule has 0 spiro atoms. The molecule has 142 valence electrons. The molecule has 0 atom stereocenters. The molecule has 1 aliphatic heterocycles. The summed E-state index contributed by atoms with van der Waals surface area (Å²) in [5, 5.41) is 0. The van der Waals surface area contributed by atoms with E-state index >= 15 is 0 Å². The molecule has 5 heteroatoms. The number of quaternary nitrogens is 1. The SMILES string of the molecule is C[NH+]1CCN(c2ccc(C(=O)c3ccc(-c4ccc(F)cc4)nc3)cc2)CC1. The second-order valence-corrected chi connectivity index (χ2v) is 7.26. The van der Waals surface area contributed by atoms with Crippen molar-refractivity contribution < 1.29 is 14.1 Å². The molecule has 28 heavy (non-hydrogen) atoms. The van der Waals surface area contributed by atoms with Crippen LogP contribution in [0.25, 0.3) is 11.3 Å². The van der Waals surface area contributed by atoms with Crippen LogP contribution in [0.3, 0.4) is 0 Å². The molecule has 2 heterocycles. The van der Waals surface area contributed by atoms with Crippen LogP contribution < -0.4 is 9.80 Å². The highest BCUT2D eigenvalue weighted by atomic mass is 19.1. The number of carbonyl (C=O) groups excluding carboxylic acids is 1. The lowest BCUT2D eigenvalue weighted by Crippen LogP contribution is -3.12. The average molecular weight is 376 g/mol. The highest BCUT2D eigenvalue weighted by Crippen LogP contribution is 2.20. The van der Waals surface area contributed by atoms with Crippen LogP contribution in [-0.4, -0.2) is 44.0 Å². The number of halogens is 1. The first-order valence-corrected chi connectivity index (χ1v) is 9.53. The van der Waals surface area contributed by atoms with Crippen molar-refractivity contribution in [2.75, 3.05) is 38.1 Å². The van der Waals surface area contributed by atoms with Gasteiger partial charge in [-0.05, 0) is 60.7 Å². The van der Waals surface area contributed by atoms with Crippen LogP contribution in [0.4, 0.5) is 10.1 Å². The Morgan fingerprint density at radius 1 is 0.929 bits per heavy atom. The van der Waals surface area contributed by atoms with Gasteiger partial charge in [0.15, 0.2) is 5.78 Å². The number of aromatic nitrogens is 1. The second-order valence-electron chi connectivity index (χ2n) is 7.26. The fraction of sp³-hybridized carbons (Fsp3) is 0.217. The van der Waals surface area contributed by atoms with Gasteiger partial charge in [0, 0.05) is 28.6 Å². The Labute approximate surface area is 164 Å². The van der Waals surface area contributed by atoms with Crippen molar-refractivity contribution in [3.63, 3.8) is 0 Å². The van der Waals surface area contributed by atoms with Crippen molar-refractivity contribution in [1.82, 2.24) is 4.98 Å². The van der Waals surface area contributed by atoms with Gasteiger partial charge in [0.25, 0.3) is 0 Å². The number of nitrogens with one attached hydrogen (secondary N) is 1. The molecular weight excluding hydrogens is 353 g/mol. The summed E-state index contributed by atoms with van der Waals surface area (Å²) in [6.45, 7) is 4.33. The Hall–Kier alpha value is -3.05. The maximum atomic E-state index is 13.1. The minimum Gasteiger partial charge on any atom is -0.360 e. The quantitative estimate of drug-likeness (QED) is 0.711. The molecule has 1 fully saturated rings. The van der Waals surface area contributed by atoms with Gasteiger partial charge in [0.05, 0.1) is 38.9 Å². The molecule has 0 bridgehead atoms. The van der Waals surface area contributed by atoms with Crippen molar-refractivity contribution in [3.8, 4) is 11.3 Å². The predicted octanol–water partition coefficient (Wildman–Crippen LogP) is 2.45. The fourth-order valence-electron chi connectivity index (χ4n) is 3.46. The predicted molar refractivity (Wildman–Crippen MR) is 108 cm³/mol. The monoisotopic (exact) mass is 376 g/mol. The van der Waals surface area contributed by atoms with Gasteiger partial charge >= 0.3 is 0 Å². The second kappa shape index (κ2) is 7.90. The summed E-state index contributed by atoms with van der Waals surface area (Å²) in [7, 11) is 2.22. The highest BCUT2D eigenvalue weighted by Gasteiger charge is 2.17. The molecule has 2 aromatic carbocycles. The van der Waals surface area contributed by atoms with Crippen molar-refractivity contribution in [2.45, 2.75) is 0 Å². The van der Waals surface area contributed by atoms with Crippen LogP contribution in [0.15, 0.2) is 66.9 Å². The van der Waals surface area contributed by atoms with Crippen LogP contribution in [0.2, 0.25) is 0 Å². The summed E-state index contributed by atoms with van der Waals surface area (Å²) in [5.74, 6) is -0.329. The fourth-order valence-corrected chi connectivity index (χ4v) is 3.46. The lowest BCUT2D eigenvalue weighted by Gasteiger charge is -2.31. The van der Waals surface area contributed by atoms with Crippen LogP contribution >= 0.6 is 0 Å². The molecule has 1 aromatic heterocycles. The Balaban J connectivity index is 1.47. The van der Waals surface area contributed by atoms with Crippen LogP contribution in [0, 0.1) is 5.82 Å². The molecule has 1 aliphatic rings. The highest BCUT2D eigenvalue weighted by molar-refractivity contribution is 6.09. The van der Waals surface area contributed by atoms with Crippen LogP contribution in [0.1, 0.15) is 15.9 Å². The van der Waals surface area contributed by atoms with Gasteiger partial charge in [0.1, 0.15) is 5.82 Å². The van der Waals surface area contributed by atoms with E-state index in [4.69, 9.17) is 0 Å². The number of pyridine rings is 1. The maximum absolute atomic E-state index is 13.1. The number of ketones is 1. The molecule has 0 unspecified atom stereocenters. The number of rotatable bonds is 4. The summed E-state index contributed by atoms with van der Waals surface area (Å²) in [6, 6.07) is 17.5. The molecule has 4 rings (SSSR count). The van der Waals surface area contributed by atoms with Crippen LogP contribution in [0.5, 0.6) is 0 Å². The van der Waals surface area contributed by atoms with Crippen LogP contribution in [-0.2, 0) is 0 Å². The average Bonchev–Trinajstić information content (AvgIpc) is 2.75. The third kappa shape index (κ3) is 3.94. The van der Waals surface area contributed by atoms with Gasteiger partial charge in [-0.25, -0.2) is 4.39 Å². The van der Waals surface area contributed by atoms with Crippen molar-refractivity contribution >= 4 is 11.5 Å². The van der Waals surface area contributed by atoms with Gasteiger partial charge in [-0.1, -0.05) is 0 Å². The Bertz CT molecular complexity index is 945. The molecular formula is C23H23FN3O+. The van der Waals surface area contributed by atoms with Gasteiger partial charge in [-0.15, -0.1) is 0 Å². The third-order valence-corrected chi connectivity index (χ3v) is 5.28. The van der Waals surface area contributed by atoms with Gasteiger partial charge < -0.3 is 9.80 Å². The van der Waals surface area contributed by atoms with E-state index in [2.05, 4.69) is 16.9 Å². The molecule has 1 N–H and O–H groups in total. The van der Waals surface area contributed by atoms with Gasteiger partial charge in [0.2, 0.25) is 0 Å². The number of hydrogen-bond donors (Lipinski definition) is 1. The summed E-state index contributed by atoms with van der Waals surface area (Å²) in [6.07, 6.45) is 1.58. The Kier molecular flexibility index (Phi) is 5.17. The van der Waals surface area contributed by atoms with E-state index in [1.54, 1.807) is 35.4 Å². The van der Waals surface area contributed by atoms with Crippen molar-refractivity contribution in [3.05, 3.63) is 83.8 Å². The molecule has 0 saturated carbocycles. The van der Waals surface area contributed by atoms with Crippen molar-refractivity contribution in [2.24, 2.45) is 0 Å². The summed E-state index contributed by atoms with van der Waals surface area (Å²) >= 11 is 0. The topological polar surface area (TPSA) is 37.6 Å². The first kappa shape index (κ1) is 18.3. The summed E-state index contributed by atoms with van der Waals surface area (Å²) in [4.78, 5) is 21.0. The lowest BCUT2D eigenvalue weighted by molar-refractivity contribution is -0.880. The third-order valence-electron chi connectivity index (χ3n) is 5.28. The smallest absolute Gasteiger partial charge is 0.194 e. The first-order valence-electron chi connectivity index (χ1n) is 9.53. The molecule has 0 aliphatic carbocycles. The number of nitrogens with zero attached hydrogens (tertiary/aromatic N) is 2. The zero-order valence-electron chi connectivity index (χ0n) is 15.9. The normalized spacial score (nSPS) is 14.9. The zero-order chi connectivity index (χ0) is 19.5. The minimum atomic E-state index is -0.281. The number of piperazine rings is 1. The Morgan fingerprint density at radius 3 is 2.18 bits per heavy atom. The lowest BCUT2D eigenvalue weighted by atomic mass is 10.0. The number of likely N-dealkylation sites (N-methyl/N-ethyl adjacent to an activating group) is 1. The van der Waals surface area contributed by atoms with E-state index in [1.807, 2.05) is 24.3 Å². The van der Waals surface area contributed by atoms with E-state index in [1.165, 1.54) is 12.1 Å².